The molecular formula is C19H39NO4. The Balaban J connectivity index is 3.08. The molecule has 0 aromatic heterocycles. The van der Waals surface area contributed by atoms with Gasteiger partial charge in [0.25, 0.3) is 0 Å². The van der Waals surface area contributed by atoms with Crippen LogP contribution in [-0.2, 0) is 19.0 Å². The first kappa shape index (κ1) is 23.4. The molecule has 0 radical (unpaired) electrons. The second-order valence-corrected chi connectivity index (χ2v) is 6.53. The fourth-order valence-electron chi connectivity index (χ4n) is 2.16. The second kappa shape index (κ2) is 18.7. The van der Waals surface area contributed by atoms with Gasteiger partial charge in [-0.25, -0.2) is 0 Å². The summed E-state index contributed by atoms with van der Waals surface area (Å²) in [5.41, 5.74) is 0. The van der Waals surface area contributed by atoms with Crippen molar-refractivity contribution < 1.29 is 19.0 Å². The van der Waals surface area contributed by atoms with Crippen LogP contribution in [0, 0.1) is 5.92 Å². The van der Waals surface area contributed by atoms with Gasteiger partial charge in [-0.1, -0.05) is 33.6 Å². The van der Waals surface area contributed by atoms with E-state index in [1.54, 1.807) is 0 Å². The average molecular weight is 346 g/mol. The summed E-state index contributed by atoms with van der Waals surface area (Å²) in [7, 11) is 0. The first-order valence-corrected chi connectivity index (χ1v) is 9.66. The van der Waals surface area contributed by atoms with Crippen molar-refractivity contribution in [2.75, 3.05) is 46.2 Å². The van der Waals surface area contributed by atoms with Gasteiger partial charge < -0.3 is 19.5 Å². The van der Waals surface area contributed by atoms with E-state index in [0.29, 0.717) is 46.0 Å². The van der Waals surface area contributed by atoms with Crippen LogP contribution >= 0.6 is 0 Å². The minimum atomic E-state index is 0.153. The molecule has 0 aromatic rings. The lowest BCUT2D eigenvalue weighted by molar-refractivity contribution is -0.121. The van der Waals surface area contributed by atoms with Gasteiger partial charge in [0.2, 0.25) is 5.91 Å². The Bertz CT molecular complexity index is 272. The van der Waals surface area contributed by atoms with Crippen molar-refractivity contribution in [2.24, 2.45) is 5.92 Å². The summed E-state index contributed by atoms with van der Waals surface area (Å²) in [6.45, 7) is 11.2. The molecule has 0 heterocycles. The van der Waals surface area contributed by atoms with E-state index in [1.165, 1.54) is 6.42 Å². The molecule has 1 N–H and O–H groups in total. The molecule has 1 amide bonds. The highest BCUT2D eigenvalue weighted by Crippen LogP contribution is 2.02. The van der Waals surface area contributed by atoms with Crippen LogP contribution in [0.25, 0.3) is 0 Å². The van der Waals surface area contributed by atoms with Gasteiger partial charge in [-0.2, -0.15) is 0 Å². The Hall–Kier alpha value is -0.650. The third kappa shape index (κ3) is 19.4. The van der Waals surface area contributed by atoms with Crippen molar-refractivity contribution in [3.05, 3.63) is 0 Å². The lowest BCUT2D eigenvalue weighted by atomic mass is 10.1. The molecule has 0 aliphatic carbocycles. The van der Waals surface area contributed by atoms with Crippen LogP contribution in [0.5, 0.6) is 0 Å². The average Bonchev–Trinajstić information content (AvgIpc) is 2.55. The molecule has 0 spiro atoms. The highest BCUT2D eigenvalue weighted by atomic mass is 16.5. The minimum absolute atomic E-state index is 0.153. The highest BCUT2D eigenvalue weighted by Gasteiger charge is 1.99. The third-order valence-electron chi connectivity index (χ3n) is 3.61. The lowest BCUT2D eigenvalue weighted by Gasteiger charge is -2.08. The van der Waals surface area contributed by atoms with Crippen molar-refractivity contribution in [1.82, 2.24) is 5.32 Å². The zero-order valence-electron chi connectivity index (χ0n) is 16.1. The van der Waals surface area contributed by atoms with Gasteiger partial charge in [-0.3, -0.25) is 4.79 Å². The molecule has 0 fully saturated rings. The quantitative estimate of drug-likeness (QED) is 0.386. The SMILES string of the molecule is CCCCCC(=O)NCCCOCCOCCOCCCC(C)C. The third-order valence-corrected chi connectivity index (χ3v) is 3.61. The van der Waals surface area contributed by atoms with E-state index in [2.05, 4.69) is 26.1 Å². The standard InChI is InChI=1S/C19H39NO4/c1-4-5-6-10-19(21)20-11-8-13-23-15-17-24-16-14-22-12-7-9-18(2)3/h18H,4-17H2,1-3H3,(H,20,21). The van der Waals surface area contributed by atoms with Gasteiger partial charge in [0.1, 0.15) is 0 Å². The molecule has 5 heteroatoms. The van der Waals surface area contributed by atoms with Crippen molar-refractivity contribution >= 4 is 5.91 Å². The number of unbranched alkanes of at least 4 members (excludes halogenated alkanes) is 2. The minimum Gasteiger partial charge on any atom is -0.379 e. The first-order valence-electron chi connectivity index (χ1n) is 9.66. The van der Waals surface area contributed by atoms with Crippen molar-refractivity contribution in [3.8, 4) is 0 Å². The van der Waals surface area contributed by atoms with Crippen molar-refractivity contribution in [3.63, 3.8) is 0 Å². The number of hydrogen-bond acceptors (Lipinski definition) is 4. The monoisotopic (exact) mass is 345 g/mol. The first-order chi connectivity index (χ1) is 11.7. The molecule has 0 saturated heterocycles. The fourth-order valence-corrected chi connectivity index (χ4v) is 2.16. The van der Waals surface area contributed by atoms with Gasteiger partial charge in [0, 0.05) is 26.2 Å². The molecule has 24 heavy (non-hydrogen) atoms. The lowest BCUT2D eigenvalue weighted by Crippen LogP contribution is -2.25. The van der Waals surface area contributed by atoms with Crippen LogP contribution in [0.3, 0.4) is 0 Å². The topological polar surface area (TPSA) is 56.8 Å². The molecule has 0 atom stereocenters. The Morgan fingerprint density at radius 1 is 0.833 bits per heavy atom. The van der Waals surface area contributed by atoms with Gasteiger partial charge in [-0.15, -0.1) is 0 Å². The second-order valence-electron chi connectivity index (χ2n) is 6.53. The zero-order chi connectivity index (χ0) is 17.9. The molecule has 0 aliphatic rings. The van der Waals surface area contributed by atoms with E-state index in [9.17, 15) is 4.79 Å². The number of rotatable bonds is 18. The molecule has 0 saturated carbocycles. The van der Waals surface area contributed by atoms with Crippen LogP contribution in [0.15, 0.2) is 0 Å². The van der Waals surface area contributed by atoms with Crippen LogP contribution < -0.4 is 5.32 Å². The van der Waals surface area contributed by atoms with Crippen molar-refractivity contribution in [1.29, 1.82) is 0 Å². The van der Waals surface area contributed by atoms with Crippen LogP contribution in [-0.4, -0.2) is 52.1 Å². The number of carbonyl (C=O) groups excluding carboxylic acids is 1. The van der Waals surface area contributed by atoms with Crippen LogP contribution in [0.1, 0.15) is 65.7 Å². The molecule has 0 rings (SSSR count). The summed E-state index contributed by atoms with van der Waals surface area (Å²) in [6.07, 6.45) is 7.08. The normalized spacial score (nSPS) is 11.2. The number of amides is 1. The van der Waals surface area contributed by atoms with Crippen molar-refractivity contribution in [2.45, 2.75) is 65.7 Å². The van der Waals surface area contributed by atoms with Crippen LogP contribution in [0.4, 0.5) is 0 Å². The van der Waals surface area contributed by atoms with E-state index < -0.39 is 0 Å². The summed E-state index contributed by atoms with van der Waals surface area (Å²) in [6, 6.07) is 0. The highest BCUT2D eigenvalue weighted by molar-refractivity contribution is 5.75. The zero-order valence-corrected chi connectivity index (χ0v) is 16.1. The molecule has 0 bridgehead atoms. The molecule has 0 aliphatic heterocycles. The molecular weight excluding hydrogens is 306 g/mol. The number of nitrogens with one attached hydrogen (secondary N) is 1. The predicted molar refractivity (Wildman–Crippen MR) is 98.3 cm³/mol. The fraction of sp³-hybridized carbons (Fsp3) is 0.947. The van der Waals surface area contributed by atoms with E-state index in [-0.39, 0.29) is 5.91 Å². The molecule has 0 aromatic carbocycles. The van der Waals surface area contributed by atoms with Gasteiger partial charge in [-0.05, 0) is 31.6 Å². The molecule has 5 nitrogen and oxygen atoms in total. The van der Waals surface area contributed by atoms with Gasteiger partial charge in [0.15, 0.2) is 0 Å². The predicted octanol–water partition coefficient (Wildman–Crippen LogP) is 3.56. The maximum absolute atomic E-state index is 11.5. The number of ether oxygens (including phenoxy) is 3. The Kier molecular flexibility index (Phi) is 18.2. The molecule has 144 valence electrons. The summed E-state index contributed by atoms with van der Waals surface area (Å²) in [4.78, 5) is 11.5. The van der Waals surface area contributed by atoms with Crippen LogP contribution in [0.2, 0.25) is 0 Å². The van der Waals surface area contributed by atoms with E-state index in [0.717, 1.165) is 44.6 Å². The molecule has 0 unspecified atom stereocenters. The maximum Gasteiger partial charge on any atom is 0.219 e. The van der Waals surface area contributed by atoms with E-state index in [4.69, 9.17) is 14.2 Å². The summed E-state index contributed by atoms with van der Waals surface area (Å²) in [5.74, 6) is 0.900. The smallest absolute Gasteiger partial charge is 0.219 e. The number of hydrogen-bond donors (Lipinski definition) is 1. The summed E-state index contributed by atoms with van der Waals surface area (Å²) >= 11 is 0. The Labute approximate surface area is 148 Å². The summed E-state index contributed by atoms with van der Waals surface area (Å²) < 4.78 is 16.4. The number of carbonyl (C=O) groups is 1. The summed E-state index contributed by atoms with van der Waals surface area (Å²) in [5, 5.41) is 2.92. The van der Waals surface area contributed by atoms with E-state index >= 15 is 0 Å². The maximum atomic E-state index is 11.5. The Morgan fingerprint density at radius 3 is 2.00 bits per heavy atom. The Morgan fingerprint density at radius 2 is 1.42 bits per heavy atom. The van der Waals surface area contributed by atoms with Gasteiger partial charge >= 0.3 is 0 Å². The van der Waals surface area contributed by atoms with Gasteiger partial charge in [0.05, 0.1) is 26.4 Å². The van der Waals surface area contributed by atoms with E-state index in [1.807, 2.05) is 0 Å². The largest absolute Gasteiger partial charge is 0.379 e.